The second-order valence-electron chi connectivity index (χ2n) is 5.94. The number of aromatic nitrogens is 4. The molecule has 0 saturated carbocycles. The lowest BCUT2D eigenvalue weighted by molar-refractivity contribution is -0.118. The first-order chi connectivity index (χ1) is 12.4. The van der Waals surface area contributed by atoms with Crippen LogP contribution in [0.4, 0.5) is 0 Å². The zero-order valence-electron chi connectivity index (χ0n) is 14.0. The predicted molar refractivity (Wildman–Crippen MR) is 90.5 cm³/mol. The molecular formula is C16H20N4O6. The lowest BCUT2D eigenvalue weighted by Gasteiger charge is -2.24. The maximum Gasteiger partial charge on any atom is 0.262 e. The standard InChI is InChI=1S/C16H20N4O6/c1-2-19-15(26)8-5-3-4-6-9(8)20-14(17-18-16(19)20)13(25)12(24)11(23)10(22)7-21/h3-6,10-13,21-25H,2,7H2,1H3/t10-,11-,12+,13-/m1/s1. The van der Waals surface area contributed by atoms with E-state index in [-0.39, 0.29) is 17.2 Å². The van der Waals surface area contributed by atoms with Gasteiger partial charge in [-0.2, -0.15) is 0 Å². The summed E-state index contributed by atoms with van der Waals surface area (Å²) < 4.78 is 2.79. The molecule has 5 N–H and O–H groups in total. The highest BCUT2D eigenvalue weighted by Crippen LogP contribution is 2.23. The summed E-state index contributed by atoms with van der Waals surface area (Å²) in [6, 6.07) is 6.68. The monoisotopic (exact) mass is 364 g/mol. The van der Waals surface area contributed by atoms with E-state index in [0.717, 1.165) is 0 Å². The lowest BCUT2D eigenvalue weighted by Crippen LogP contribution is -2.43. The summed E-state index contributed by atoms with van der Waals surface area (Å²) in [5.41, 5.74) is 0.168. The third kappa shape index (κ3) is 2.77. The molecule has 3 rings (SSSR count). The molecule has 0 amide bonds. The van der Waals surface area contributed by atoms with Crippen molar-refractivity contribution in [3.8, 4) is 0 Å². The van der Waals surface area contributed by atoms with E-state index in [0.29, 0.717) is 17.4 Å². The van der Waals surface area contributed by atoms with E-state index < -0.39 is 31.0 Å². The summed E-state index contributed by atoms with van der Waals surface area (Å²) in [7, 11) is 0. The van der Waals surface area contributed by atoms with Crippen LogP contribution in [0.25, 0.3) is 16.7 Å². The van der Waals surface area contributed by atoms with Gasteiger partial charge in [-0.15, -0.1) is 10.2 Å². The molecule has 1 aromatic carbocycles. The van der Waals surface area contributed by atoms with Crippen LogP contribution in [-0.2, 0) is 6.54 Å². The van der Waals surface area contributed by atoms with Crippen molar-refractivity contribution in [3.05, 3.63) is 40.4 Å². The van der Waals surface area contributed by atoms with Crippen LogP contribution in [-0.4, -0.2) is 69.6 Å². The van der Waals surface area contributed by atoms with Crippen LogP contribution < -0.4 is 5.56 Å². The van der Waals surface area contributed by atoms with Crippen molar-refractivity contribution >= 4 is 16.7 Å². The Hall–Kier alpha value is -2.37. The largest absolute Gasteiger partial charge is 0.394 e. The Morgan fingerprint density at radius 2 is 1.77 bits per heavy atom. The van der Waals surface area contributed by atoms with E-state index in [2.05, 4.69) is 10.2 Å². The van der Waals surface area contributed by atoms with Crippen LogP contribution in [0.15, 0.2) is 29.1 Å². The van der Waals surface area contributed by atoms with Gasteiger partial charge in [-0.1, -0.05) is 12.1 Å². The van der Waals surface area contributed by atoms with Gasteiger partial charge in [0, 0.05) is 6.54 Å². The molecule has 26 heavy (non-hydrogen) atoms. The first-order valence-corrected chi connectivity index (χ1v) is 8.12. The molecule has 0 unspecified atom stereocenters. The van der Waals surface area contributed by atoms with Crippen molar-refractivity contribution in [2.75, 3.05) is 6.61 Å². The van der Waals surface area contributed by atoms with E-state index in [1.807, 2.05) is 0 Å². The van der Waals surface area contributed by atoms with Crippen LogP contribution in [0.3, 0.4) is 0 Å². The fourth-order valence-electron chi connectivity index (χ4n) is 2.93. The molecule has 0 aliphatic carbocycles. The number of aliphatic hydroxyl groups is 5. The number of fused-ring (bicyclic) bond motifs is 3. The summed E-state index contributed by atoms with van der Waals surface area (Å²) in [5, 5.41) is 57.1. The average Bonchev–Trinajstić information content (AvgIpc) is 3.11. The number of para-hydroxylation sites is 1. The first-order valence-electron chi connectivity index (χ1n) is 8.12. The molecule has 3 aromatic rings. The van der Waals surface area contributed by atoms with Gasteiger partial charge in [-0.05, 0) is 19.1 Å². The van der Waals surface area contributed by atoms with Gasteiger partial charge in [0.1, 0.15) is 24.4 Å². The smallest absolute Gasteiger partial charge is 0.262 e. The Balaban J connectivity index is 2.22. The molecule has 0 aliphatic heterocycles. The minimum atomic E-state index is -1.83. The molecule has 0 fully saturated rings. The summed E-state index contributed by atoms with van der Waals surface area (Å²) in [5.74, 6) is 0.0738. The Morgan fingerprint density at radius 3 is 2.42 bits per heavy atom. The SMILES string of the molecule is CCn1c(=O)c2ccccc2n2c([C@H](O)[C@@H](O)[C@H](O)[C@H](O)CO)nnc12. The molecule has 4 atom stereocenters. The molecule has 10 nitrogen and oxygen atoms in total. The zero-order valence-corrected chi connectivity index (χ0v) is 14.0. The highest BCUT2D eigenvalue weighted by molar-refractivity contribution is 5.80. The van der Waals surface area contributed by atoms with Crippen molar-refractivity contribution in [3.63, 3.8) is 0 Å². The van der Waals surface area contributed by atoms with Crippen LogP contribution in [0.5, 0.6) is 0 Å². The van der Waals surface area contributed by atoms with Crippen molar-refractivity contribution in [2.24, 2.45) is 0 Å². The molecule has 0 radical (unpaired) electrons. The third-order valence-electron chi connectivity index (χ3n) is 4.37. The Labute approximate surface area is 147 Å². The van der Waals surface area contributed by atoms with E-state index in [1.165, 1.54) is 8.97 Å². The number of nitrogens with zero attached hydrogens (tertiary/aromatic N) is 4. The van der Waals surface area contributed by atoms with E-state index in [4.69, 9.17) is 5.11 Å². The second-order valence-corrected chi connectivity index (χ2v) is 5.94. The highest BCUT2D eigenvalue weighted by atomic mass is 16.4. The molecule has 0 saturated heterocycles. The van der Waals surface area contributed by atoms with Crippen LogP contribution in [0, 0.1) is 0 Å². The van der Waals surface area contributed by atoms with Gasteiger partial charge in [-0.3, -0.25) is 13.8 Å². The van der Waals surface area contributed by atoms with Gasteiger partial charge in [0.15, 0.2) is 5.82 Å². The van der Waals surface area contributed by atoms with Gasteiger partial charge in [0.25, 0.3) is 5.56 Å². The van der Waals surface area contributed by atoms with Gasteiger partial charge in [0.05, 0.1) is 17.5 Å². The van der Waals surface area contributed by atoms with Crippen LogP contribution in [0.1, 0.15) is 18.9 Å². The quantitative estimate of drug-likeness (QED) is 0.342. The minimum absolute atomic E-state index is 0.102. The topological polar surface area (TPSA) is 153 Å². The maximum absolute atomic E-state index is 12.6. The summed E-state index contributed by atoms with van der Waals surface area (Å²) in [6.07, 6.45) is -6.98. The molecule has 0 aliphatic rings. The summed E-state index contributed by atoms with van der Waals surface area (Å²) >= 11 is 0. The molecule has 2 heterocycles. The summed E-state index contributed by atoms with van der Waals surface area (Å²) in [4.78, 5) is 12.6. The van der Waals surface area contributed by atoms with E-state index in [1.54, 1.807) is 31.2 Å². The zero-order chi connectivity index (χ0) is 19.0. The average molecular weight is 364 g/mol. The van der Waals surface area contributed by atoms with Crippen molar-refractivity contribution in [1.82, 2.24) is 19.2 Å². The fourth-order valence-corrected chi connectivity index (χ4v) is 2.93. The van der Waals surface area contributed by atoms with Gasteiger partial charge in [-0.25, -0.2) is 0 Å². The number of benzene rings is 1. The van der Waals surface area contributed by atoms with Gasteiger partial charge in [0.2, 0.25) is 5.78 Å². The van der Waals surface area contributed by atoms with Crippen LogP contribution in [0.2, 0.25) is 0 Å². The molecule has 10 heteroatoms. The maximum atomic E-state index is 12.6. The van der Waals surface area contributed by atoms with Gasteiger partial charge >= 0.3 is 0 Å². The minimum Gasteiger partial charge on any atom is -0.394 e. The van der Waals surface area contributed by atoms with E-state index in [9.17, 15) is 25.2 Å². The third-order valence-corrected chi connectivity index (χ3v) is 4.37. The lowest BCUT2D eigenvalue weighted by atomic mass is 10.0. The number of aryl methyl sites for hydroxylation is 1. The first kappa shape index (κ1) is 18.4. The van der Waals surface area contributed by atoms with Crippen molar-refractivity contribution < 1.29 is 25.5 Å². The fraction of sp³-hybridized carbons (Fsp3) is 0.438. The van der Waals surface area contributed by atoms with Crippen molar-refractivity contribution in [1.29, 1.82) is 0 Å². The highest BCUT2D eigenvalue weighted by Gasteiger charge is 2.34. The number of rotatable bonds is 6. The van der Waals surface area contributed by atoms with Crippen LogP contribution >= 0.6 is 0 Å². The van der Waals surface area contributed by atoms with E-state index >= 15 is 0 Å². The number of hydrogen-bond donors (Lipinski definition) is 5. The molecular weight excluding hydrogens is 344 g/mol. The Kier molecular flexibility index (Phi) is 5.03. The Bertz CT molecular complexity index is 984. The van der Waals surface area contributed by atoms with Gasteiger partial charge < -0.3 is 25.5 Å². The second kappa shape index (κ2) is 7.09. The number of hydrogen-bond acceptors (Lipinski definition) is 8. The molecule has 2 aromatic heterocycles. The normalized spacial score (nSPS) is 16.7. The molecule has 0 bridgehead atoms. The molecule has 0 spiro atoms. The number of aliphatic hydroxyl groups excluding tert-OH is 5. The predicted octanol–water partition coefficient (Wildman–Crippen LogP) is -1.83. The van der Waals surface area contributed by atoms with Crippen molar-refractivity contribution in [2.45, 2.75) is 37.9 Å². The summed E-state index contributed by atoms with van der Waals surface area (Å²) in [6.45, 7) is 1.29. The Morgan fingerprint density at radius 1 is 1.08 bits per heavy atom. The molecule has 140 valence electrons.